The smallest absolute Gasteiger partial charge is 0.0433 e. The second-order valence-corrected chi connectivity index (χ2v) is 9.31. The molecule has 1 aliphatic carbocycles. The molecule has 0 aromatic heterocycles. The molecule has 4 aromatic carbocycles. The van der Waals surface area contributed by atoms with Crippen molar-refractivity contribution in [1.82, 2.24) is 0 Å². The van der Waals surface area contributed by atoms with Crippen molar-refractivity contribution in [3.63, 3.8) is 0 Å². The van der Waals surface area contributed by atoms with E-state index in [4.69, 9.17) is 0 Å². The summed E-state index contributed by atoms with van der Waals surface area (Å²) in [7, 11) is 0. The fraction of sp³-hybridized carbons (Fsp3) is 0.250. The lowest BCUT2D eigenvalue weighted by molar-refractivity contribution is 0.799. The lowest BCUT2D eigenvalue weighted by Gasteiger charge is -2.27. The predicted molar refractivity (Wildman–Crippen MR) is 146 cm³/mol. The number of aryl methyl sites for hydroxylation is 1. The number of anilines is 2. The van der Waals surface area contributed by atoms with E-state index in [0.717, 1.165) is 32.6 Å². The Morgan fingerprint density at radius 3 is 1.82 bits per heavy atom. The molecule has 5 rings (SSSR count). The molecule has 0 bridgehead atoms. The van der Waals surface area contributed by atoms with Crippen LogP contribution in [0.5, 0.6) is 0 Å². The molecule has 172 valence electrons. The summed E-state index contributed by atoms with van der Waals surface area (Å²) >= 11 is 0. The third kappa shape index (κ3) is 4.46. The van der Waals surface area contributed by atoms with Gasteiger partial charge in [0, 0.05) is 37.6 Å². The van der Waals surface area contributed by atoms with Crippen LogP contribution < -0.4 is 9.80 Å². The van der Waals surface area contributed by atoms with E-state index in [0.29, 0.717) is 0 Å². The summed E-state index contributed by atoms with van der Waals surface area (Å²) in [4.78, 5) is 4.95. The van der Waals surface area contributed by atoms with Gasteiger partial charge >= 0.3 is 0 Å². The van der Waals surface area contributed by atoms with Crippen molar-refractivity contribution in [2.24, 2.45) is 0 Å². The monoisotopic (exact) mass is 446 g/mol. The third-order valence-corrected chi connectivity index (χ3v) is 7.07. The number of fused-ring (bicyclic) bond motifs is 3. The molecule has 0 aliphatic heterocycles. The van der Waals surface area contributed by atoms with E-state index in [1.807, 2.05) is 0 Å². The van der Waals surface area contributed by atoms with E-state index in [9.17, 15) is 0 Å². The first-order chi connectivity index (χ1) is 16.7. The van der Waals surface area contributed by atoms with E-state index < -0.39 is 0 Å². The second kappa shape index (κ2) is 9.77. The highest BCUT2D eigenvalue weighted by atomic mass is 15.1. The SMILES string of the molecule is CCN(CC)c1ccc2c(c1)-c1c(C)cc(N(Cc3ccccc3)Cc3ccccc3)cc1C2. The molecule has 2 heteroatoms. The van der Waals surface area contributed by atoms with Crippen LogP contribution in [0.1, 0.15) is 41.7 Å². The topological polar surface area (TPSA) is 6.48 Å². The van der Waals surface area contributed by atoms with Crippen LogP contribution in [0.15, 0.2) is 91.0 Å². The number of rotatable bonds is 8. The predicted octanol–water partition coefficient (Wildman–Crippen LogP) is 7.62. The van der Waals surface area contributed by atoms with Crippen molar-refractivity contribution in [2.45, 2.75) is 40.3 Å². The molecule has 0 unspecified atom stereocenters. The van der Waals surface area contributed by atoms with Crippen molar-refractivity contribution in [3.8, 4) is 11.1 Å². The van der Waals surface area contributed by atoms with E-state index >= 15 is 0 Å². The highest BCUT2D eigenvalue weighted by Gasteiger charge is 2.23. The maximum absolute atomic E-state index is 2.52. The molecule has 0 fully saturated rings. The van der Waals surface area contributed by atoms with Gasteiger partial charge in [-0.3, -0.25) is 0 Å². The van der Waals surface area contributed by atoms with Gasteiger partial charge in [-0.05, 0) is 90.4 Å². The van der Waals surface area contributed by atoms with Gasteiger partial charge in [0.05, 0.1) is 0 Å². The van der Waals surface area contributed by atoms with Crippen LogP contribution in [0.2, 0.25) is 0 Å². The second-order valence-electron chi connectivity index (χ2n) is 9.31. The van der Waals surface area contributed by atoms with Gasteiger partial charge in [-0.15, -0.1) is 0 Å². The minimum atomic E-state index is 0.896. The van der Waals surface area contributed by atoms with Crippen LogP contribution in [0.25, 0.3) is 11.1 Å². The van der Waals surface area contributed by atoms with E-state index in [2.05, 4.69) is 122 Å². The van der Waals surface area contributed by atoms with Crippen LogP contribution in [0, 0.1) is 6.92 Å². The summed E-state index contributed by atoms with van der Waals surface area (Å²) < 4.78 is 0. The zero-order valence-electron chi connectivity index (χ0n) is 20.6. The largest absolute Gasteiger partial charge is 0.372 e. The first kappa shape index (κ1) is 22.3. The van der Waals surface area contributed by atoms with Crippen LogP contribution >= 0.6 is 0 Å². The summed E-state index contributed by atoms with van der Waals surface area (Å²) in [6.07, 6.45) is 1.02. The minimum absolute atomic E-state index is 0.896. The highest BCUT2D eigenvalue weighted by molar-refractivity contribution is 5.84. The maximum atomic E-state index is 2.52. The van der Waals surface area contributed by atoms with Crippen LogP contribution in [-0.4, -0.2) is 13.1 Å². The molecule has 0 heterocycles. The van der Waals surface area contributed by atoms with Crippen LogP contribution in [0.3, 0.4) is 0 Å². The molecule has 0 saturated heterocycles. The Hall–Kier alpha value is -3.52. The third-order valence-electron chi connectivity index (χ3n) is 7.07. The van der Waals surface area contributed by atoms with Crippen LogP contribution in [-0.2, 0) is 19.5 Å². The lowest BCUT2D eigenvalue weighted by atomic mass is 9.98. The zero-order chi connectivity index (χ0) is 23.5. The van der Waals surface area contributed by atoms with Crippen molar-refractivity contribution in [3.05, 3.63) is 119 Å². The maximum Gasteiger partial charge on any atom is 0.0433 e. The highest BCUT2D eigenvalue weighted by Crippen LogP contribution is 2.43. The number of hydrogen-bond acceptors (Lipinski definition) is 2. The summed E-state index contributed by atoms with van der Waals surface area (Å²) in [5.74, 6) is 0. The van der Waals surface area contributed by atoms with Crippen molar-refractivity contribution in [2.75, 3.05) is 22.9 Å². The molecule has 0 spiro atoms. The molecule has 1 aliphatic rings. The number of benzene rings is 4. The fourth-order valence-electron chi connectivity index (χ4n) is 5.34. The first-order valence-corrected chi connectivity index (χ1v) is 12.5. The van der Waals surface area contributed by atoms with Crippen molar-refractivity contribution in [1.29, 1.82) is 0 Å². The Bertz CT molecular complexity index is 1220. The summed E-state index contributed by atoms with van der Waals surface area (Å²) in [5.41, 5.74) is 12.4. The molecule has 0 amide bonds. The summed E-state index contributed by atoms with van der Waals surface area (Å²) in [6, 6.07) is 33.5. The Morgan fingerprint density at radius 2 is 1.24 bits per heavy atom. The summed E-state index contributed by atoms with van der Waals surface area (Å²) in [6.45, 7) is 10.6. The molecule has 0 atom stereocenters. The Balaban J connectivity index is 1.52. The van der Waals surface area contributed by atoms with Gasteiger partial charge in [-0.2, -0.15) is 0 Å². The van der Waals surface area contributed by atoms with Gasteiger partial charge in [0.25, 0.3) is 0 Å². The molecule has 0 saturated carbocycles. The Labute approximate surface area is 204 Å². The van der Waals surface area contributed by atoms with E-state index in [1.165, 1.54) is 50.3 Å². The average Bonchev–Trinajstić information content (AvgIpc) is 3.24. The van der Waals surface area contributed by atoms with E-state index in [1.54, 1.807) is 0 Å². The minimum Gasteiger partial charge on any atom is -0.372 e. The molecular formula is C32H34N2. The van der Waals surface area contributed by atoms with Crippen molar-refractivity contribution < 1.29 is 0 Å². The van der Waals surface area contributed by atoms with Crippen LogP contribution in [0.4, 0.5) is 11.4 Å². The normalized spacial score (nSPS) is 11.7. The standard InChI is InChI=1S/C32H34N2/c1-4-33(5-2)29-17-16-27-19-28-20-30(18-24(3)32(28)31(27)21-29)34(22-25-12-8-6-9-13-25)23-26-14-10-7-11-15-26/h6-18,20-21H,4-5,19,22-23H2,1-3H3. The molecule has 0 N–H and O–H groups in total. The van der Waals surface area contributed by atoms with Gasteiger partial charge in [-0.25, -0.2) is 0 Å². The average molecular weight is 447 g/mol. The van der Waals surface area contributed by atoms with Gasteiger partial charge in [0.2, 0.25) is 0 Å². The number of nitrogens with zero attached hydrogens (tertiary/aromatic N) is 2. The zero-order valence-corrected chi connectivity index (χ0v) is 20.6. The quantitative estimate of drug-likeness (QED) is 0.242. The molecule has 34 heavy (non-hydrogen) atoms. The van der Waals surface area contributed by atoms with Crippen molar-refractivity contribution >= 4 is 11.4 Å². The van der Waals surface area contributed by atoms with Gasteiger partial charge < -0.3 is 9.80 Å². The lowest BCUT2D eigenvalue weighted by Crippen LogP contribution is -2.22. The first-order valence-electron chi connectivity index (χ1n) is 12.5. The number of hydrogen-bond donors (Lipinski definition) is 0. The van der Waals surface area contributed by atoms with E-state index in [-0.39, 0.29) is 0 Å². The van der Waals surface area contributed by atoms with Gasteiger partial charge in [0.15, 0.2) is 0 Å². The molecule has 0 radical (unpaired) electrons. The Morgan fingerprint density at radius 1 is 0.618 bits per heavy atom. The van der Waals surface area contributed by atoms with Gasteiger partial charge in [-0.1, -0.05) is 66.7 Å². The molecule has 4 aromatic rings. The molecular weight excluding hydrogens is 412 g/mol. The molecule has 2 nitrogen and oxygen atoms in total. The Kier molecular flexibility index (Phi) is 6.40. The summed E-state index contributed by atoms with van der Waals surface area (Å²) in [5, 5.41) is 0. The van der Waals surface area contributed by atoms with Gasteiger partial charge in [0.1, 0.15) is 0 Å². The fourth-order valence-corrected chi connectivity index (χ4v) is 5.34.